The fourth-order valence-corrected chi connectivity index (χ4v) is 2.70. The van der Waals surface area contributed by atoms with Gasteiger partial charge in [0, 0.05) is 19.5 Å². The Balaban J connectivity index is 1.65. The van der Waals surface area contributed by atoms with Gasteiger partial charge in [-0.25, -0.2) is 4.99 Å². The summed E-state index contributed by atoms with van der Waals surface area (Å²) in [5, 5.41) is 0. The Morgan fingerprint density at radius 3 is 2.62 bits per heavy atom. The molecule has 0 aromatic heterocycles. The van der Waals surface area contributed by atoms with E-state index < -0.39 is 0 Å². The molecule has 5 heteroatoms. The van der Waals surface area contributed by atoms with E-state index in [1.54, 1.807) is 0 Å². The van der Waals surface area contributed by atoms with Crippen LogP contribution in [0.1, 0.15) is 31.2 Å². The van der Waals surface area contributed by atoms with Crippen LogP contribution in [0.5, 0.6) is 11.5 Å². The number of hydrogen-bond donors (Lipinski definition) is 1. The van der Waals surface area contributed by atoms with Crippen molar-refractivity contribution in [3.63, 3.8) is 0 Å². The summed E-state index contributed by atoms with van der Waals surface area (Å²) in [6.45, 7) is 4.05. The first-order valence-electron chi connectivity index (χ1n) is 7.76. The van der Waals surface area contributed by atoms with Crippen molar-refractivity contribution in [2.24, 2.45) is 10.7 Å². The van der Waals surface area contributed by atoms with E-state index in [0.717, 1.165) is 36.6 Å². The number of rotatable bonds is 2. The zero-order chi connectivity index (χ0) is 14.5. The molecule has 0 radical (unpaired) electrons. The maximum Gasteiger partial charge on any atom is 0.191 e. The van der Waals surface area contributed by atoms with Gasteiger partial charge in [-0.1, -0.05) is 6.07 Å². The van der Waals surface area contributed by atoms with E-state index >= 15 is 0 Å². The number of hydrogen-bond acceptors (Lipinski definition) is 3. The van der Waals surface area contributed by atoms with Gasteiger partial charge >= 0.3 is 0 Å². The Kier molecular flexibility index (Phi) is 4.48. The Bertz CT molecular complexity index is 510. The first-order chi connectivity index (χ1) is 10.3. The summed E-state index contributed by atoms with van der Waals surface area (Å²) in [4.78, 5) is 6.69. The zero-order valence-electron chi connectivity index (χ0n) is 12.4. The molecule has 114 valence electrons. The molecule has 2 N–H and O–H groups in total. The first-order valence-corrected chi connectivity index (χ1v) is 7.76. The Hall–Kier alpha value is -1.91. The minimum Gasteiger partial charge on any atom is -0.490 e. The quantitative estimate of drug-likeness (QED) is 0.669. The van der Waals surface area contributed by atoms with Crippen molar-refractivity contribution in [1.82, 2.24) is 4.90 Å². The number of guanidine groups is 1. The third-order valence-electron chi connectivity index (χ3n) is 3.92. The minimum atomic E-state index is 0.582. The van der Waals surface area contributed by atoms with Gasteiger partial charge in [-0.2, -0.15) is 0 Å². The van der Waals surface area contributed by atoms with Crippen LogP contribution in [-0.4, -0.2) is 37.2 Å². The lowest BCUT2D eigenvalue weighted by Crippen LogP contribution is -2.40. The number of benzene rings is 1. The summed E-state index contributed by atoms with van der Waals surface area (Å²) in [6, 6.07) is 6.00. The van der Waals surface area contributed by atoms with Crippen LogP contribution < -0.4 is 15.2 Å². The second-order valence-electron chi connectivity index (χ2n) is 5.55. The van der Waals surface area contributed by atoms with Crippen LogP contribution in [0.2, 0.25) is 0 Å². The van der Waals surface area contributed by atoms with Crippen LogP contribution in [-0.2, 0) is 6.54 Å². The van der Waals surface area contributed by atoms with Gasteiger partial charge in [-0.15, -0.1) is 0 Å². The fourth-order valence-electron chi connectivity index (χ4n) is 2.70. The lowest BCUT2D eigenvalue weighted by molar-refractivity contribution is 0.297. The Morgan fingerprint density at radius 2 is 1.81 bits per heavy atom. The third kappa shape index (κ3) is 3.60. The minimum absolute atomic E-state index is 0.582. The molecule has 0 amide bonds. The van der Waals surface area contributed by atoms with Crippen LogP contribution in [0.4, 0.5) is 0 Å². The molecule has 2 aliphatic heterocycles. The molecule has 5 nitrogen and oxygen atoms in total. The Morgan fingerprint density at radius 1 is 1.05 bits per heavy atom. The van der Waals surface area contributed by atoms with Gasteiger partial charge in [0.25, 0.3) is 0 Å². The number of nitrogens with two attached hydrogens (primary N) is 1. The molecule has 0 aliphatic carbocycles. The van der Waals surface area contributed by atoms with Crippen molar-refractivity contribution in [3.05, 3.63) is 23.8 Å². The van der Waals surface area contributed by atoms with Gasteiger partial charge in [0.1, 0.15) is 0 Å². The van der Waals surface area contributed by atoms with E-state index in [9.17, 15) is 0 Å². The van der Waals surface area contributed by atoms with E-state index in [1.165, 1.54) is 19.3 Å². The van der Waals surface area contributed by atoms with Crippen molar-refractivity contribution in [2.45, 2.75) is 32.2 Å². The van der Waals surface area contributed by atoms with Crippen LogP contribution in [0.15, 0.2) is 23.2 Å². The van der Waals surface area contributed by atoms with Crippen LogP contribution in [0.25, 0.3) is 0 Å². The molecule has 21 heavy (non-hydrogen) atoms. The highest BCUT2D eigenvalue weighted by Crippen LogP contribution is 2.30. The number of ether oxygens (including phenoxy) is 2. The van der Waals surface area contributed by atoms with Gasteiger partial charge in [0.15, 0.2) is 17.5 Å². The molecule has 0 unspecified atom stereocenters. The summed E-state index contributed by atoms with van der Waals surface area (Å²) in [7, 11) is 0. The smallest absolute Gasteiger partial charge is 0.191 e. The van der Waals surface area contributed by atoms with E-state index in [2.05, 4.69) is 9.89 Å². The number of likely N-dealkylation sites (tertiary alicyclic amines) is 1. The Labute approximate surface area is 125 Å². The number of piperidine rings is 1. The molecular weight excluding hydrogens is 266 g/mol. The molecular formula is C16H23N3O2. The maximum absolute atomic E-state index is 6.08. The summed E-state index contributed by atoms with van der Waals surface area (Å²) < 4.78 is 11.3. The molecule has 0 saturated carbocycles. The van der Waals surface area contributed by atoms with Crippen LogP contribution in [0.3, 0.4) is 0 Å². The molecule has 1 aromatic carbocycles. The van der Waals surface area contributed by atoms with Crippen molar-refractivity contribution in [2.75, 3.05) is 26.3 Å². The number of aliphatic imine (C=N–C) groups is 1. The van der Waals surface area contributed by atoms with Gasteiger partial charge in [0.05, 0.1) is 19.8 Å². The number of nitrogens with zero attached hydrogens (tertiary/aromatic N) is 2. The molecule has 3 rings (SSSR count). The third-order valence-corrected chi connectivity index (χ3v) is 3.92. The van der Waals surface area contributed by atoms with Gasteiger partial charge < -0.3 is 20.1 Å². The summed E-state index contributed by atoms with van der Waals surface area (Å²) in [5.74, 6) is 2.29. The average Bonchev–Trinajstić information content (AvgIpc) is 2.78. The highest BCUT2D eigenvalue weighted by molar-refractivity contribution is 5.78. The summed E-state index contributed by atoms with van der Waals surface area (Å²) in [5.41, 5.74) is 7.18. The highest BCUT2D eigenvalue weighted by atomic mass is 16.5. The monoisotopic (exact) mass is 289 g/mol. The molecule has 1 saturated heterocycles. The van der Waals surface area contributed by atoms with Gasteiger partial charge in [-0.05, 0) is 37.0 Å². The maximum atomic E-state index is 6.08. The van der Waals surface area contributed by atoms with Crippen molar-refractivity contribution >= 4 is 5.96 Å². The van der Waals surface area contributed by atoms with Crippen LogP contribution in [0, 0.1) is 0 Å². The summed E-state index contributed by atoms with van der Waals surface area (Å²) in [6.07, 6.45) is 4.64. The summed E-state index contributed by atoms with van der Waals surface area (Å²) >= 11 is 0. The lowest BCUT2D eigenvalue weighted by atomic mass is 10.1. The molecule has 1 fully saturated rings. The molecule has 2 aliphatic rings. The normalized spacial score (nSPS) is 19.2. The van der Waals surface area contributed by atoms with E-state index in [1.807, 2.05) is 18.2 Å². The topological polar surface area (TPSA) is 60.1 Å². The largest absolute Gasteiger partial charge is 0.490 e. The van der Waals surface area contributed by atoms with Crippen LogP contribution >= 0.6 is 0 Å². The van der Waals surface area contributed by atoms with E-state index in [4.69, 9.17) is 15.2 Å². The van der Waals surface area contributed by atoms with Crippen molar-refractivity contribution in [1.29, 1.82) is 0 Å². The highest BCUT2D eigenvalue weighted by Gasteiger charge is 2.13. The zero-order valence-corrected chi connectivity index (χ0v) is 12.4. The lowest BCUT2D eigenvalue weighted by Gasteiger charge is -2.27. The molecule has 0 bridgehead atoms. The SMILES string of the molecule is NC(=NCc1ccc2c(c1)OCCCO2)N1CCCCC1. The average molecular weight is 289 g/mol. The second-order valence-corrected chi connectivity index (χ2v) is 5.55. The molecule has 0 spiro atoms. The van der Waals surface area contributed by atoms with E-state index in [0.29, 0.717) is 25.7 Å². The van der Waals surface area contributed by atoms with E-state index in [-0.39, 0.29) is 0 Å². The van der Waals surface area contributed by atoms with Crippen molar-refractivity contribution < 1.29 is 9.47 Å². The first kappa shape index (κ1) is 14.0. The molecule has 2 heterocycles. The fraction of sp³-hybridized carbons (Fsp3) is 0.562. The number of fused-ring (bicyclic) bond motifs is 1. The molecule has 0 atom stereocenters. The van der Waals surface area contributed by atoms with Gasteiger partial charge in [0.2, 0.25) is 0 Å². The second kappa shape index (κ2) is 6.70. The van der Waals surface area contributed by atoms with Crippen molar-refractivity contribution in [3.8, 4) is 11.5 Å². The standard InChI is InChI=1S/C16H23N3O2/c17-16(19-7-2-1-3-8-19)18-12-13-5-6-14-15(11-13)21-10-4-9-20-14/h5-6,11H,1-4,7-10,12H2,(H2,17,18). The predicted octanol–water partition coefficient (Wildman–Crippen LogP) is 2.15. The molecule has 1 aromatic rings. The van der Waals surface area contributed by atoms with Gasteiger partial charge in [-0.3, -0.25) is 0 Å². The predicted molar refractivity (Wildman–Crippen MR) is 82.8 cm³/mol.